The van der Waals surface area contributed by atoms with Gasteiger partial charge in [0.25, 0.3) is 0 Å². The highest BCUT2D eigenvalue weighted by molar-refractivity contribution is 5.94. The molecule has 0 aliphatic heterocycles. The van der Waals surface area contributed by atoms with Crippen LogP contribution in [0.4, 0.5) is 0 Å². The van der Waals surface area contributed by atoms with Crippen molar-refractivity contribution >= 4 is 23.6 Å². The first-order valence-electron chi connectivity index (χ1n) is 19.9. The summed E-state index contributed by atoms with van der Waals surface area (Å²) in [6, 6.07) is 0.129. The molecule has 0 aromatic heterocycles. The third-order valence-electron chi connectivity index (χ3n) is 13.0. The van der Waals surface area contributed by atoms with Crippen molar-refractivity contribution in [3.63, 3.8) is 0 Å². The Balaban J connectivity index is 1.58. The van der Waals surface area contributed by atoms with Crippen LogP contribution in [0.5, 0.6) is 0 Å². The Bertz CT molecular complexity index is 1010. The summed E-state index contributed by atoms with van der Waals surface area (Å²) in [5.41, 5.74) is 0. The maximum atomic E-state index is 14.4. The van der Waals surface area contributed by atoms with Crippen LogP contribution in [0.1, 0.15) is 145 Å². The van der Waals surface area contributed by atoms with Crippen LogP contribution in [0.2, 0.25) is 0 Å². The molecule has 4 fully saturated rings. The molecule has 0 heterocycles. The standard InChI is InChI=1S/C40H70N4O4/c1-23-9-13-33(27(5)17-23)41-37(45)21-31(39(47)43-35-15-11-25(3)19-29(35)7)32(40(48)44-36-16-12-26(4)20-30(36)8)22-38(46)42-34-14-10-24(2)18-28(34)6/h23-36H,9-22H2,1-8H3,(H,41,45)(H,42,46)(H,43,47)(H,44,48). The number of rotatable bonds is 11. The van der Waals surface area contributed by atoms with Crippen molar-refractivity contribution in [3.8, 4) is 0 Å². The number of hydrogen-bond donors (Lipinski definition) is 4. The quantitative estimate of drug-likeness (QED) is 0.194. The minimum atomic E-state index is -0.929. The second-order valence-corrected chi connectivity index (χ2v) is 17.8. The average molecular weight is 671 g/mol. The summed E-state index contributed by atoms with van der Waals surface area (Å²) in [5.74, 6) is 1.07. The Morgan fingerprint density at radius 3 is 0.917 bits per heavy atom. The first kappa shape index (κ1) is 38.7. The second-order valence-electron chi connectivity index (χ2n) is 17.8. The SMILES string of the molecule is CC1CCC(NC(=O)CC(C(=O)NC2CCC(C)CC2C)C(CC(=O)NC2CCC(C)CC2C)C(=O)NC2CCC(C)CC2C)C(C)C1. The predicted molar refractivity (Wildman–Crippen MR) is 193 cm³/mol. The number of amides is 4. The van der Waals surface area contributed by atoms with Crippen molar-refractivity contribution in [3.05, 3.63) is 0 Å². The lowest BCUT2D eigenvalue weighted by molar-refractivity contribution is -0.141. The van der Waals surface area contributed by atoms with Crippen molar-refractivity contribution in [2.75, 3.05) is 0 Å². The Hall–Kier alpha value is -2.12. The van der Waals surface area contributed by atoms with E-state index in [1.165, 1.54) is 0 Å². The first-order chi connectivity index (χ1) is 22.7. The van der Waals surface area contributed by atoms with Crippen LogP contribution in [0.3, 0.4) is 0 Å². The van der Waals surface area contributed by atoms with E-state index in [9.17, 15) is 19.2 Å². The molecule has 0 aromatic rings. The minimum absolute atomic E-state index is 0.00147. The molecule has 0 aromatic carbocycles. The summed E-state index contributed by atoms with van der Waals surface area (Å²) in [4.78, 5) is 56.4. The van der Waals surface area contributed by atoms with Crippen LogP contribution in [-0.4, -0.2) is 47.8 Å². The van der Waals surface area contributed by atoms with E-state index in [0.717, 1.165) is 77.0 Å². The zero-order valence-electron chi connectivity index (χ0n) is 31.6. The van der Waals surface area contributed by atoms with Crippen LogP contribution in [-0.2, 0) is 19.2 Å². The van der Waals surface area contributed by atoms with E-state index in [2.05, 4.69) is 76.7 Å². The zero-order chi connectivity index (χ0) is 35.1. The van der Waals surface area contributed by atoms with E-state index >= 15 is 0 Å². The average Bonchev–Trinajstić information content (AvgIpc) is 3.00. The van der Waals surface area contributed by atoms with Crippen LogP contribution in [0.15, 0.2) is 0 Å². The largest absolute Gasteiger partial charge is 0.353 e. The molecule has 48 heavy (non-hydrogen) atoms. The molecule has 0 radical (unpaired) electrons. The van der Waals surface area contributed by atoms with Gasteiger partial charge in [0.15, 0.2) is 0 Å². The van der Waals surface area contributed by atoms with Gasteiger partial charge in [0.05, 0.1) is 11.8 Å². The van der Waals surface area contributed by atoms with Crippen LogP contribution in [0.25, 0.3) is 0 Å². The van der Waals surface area contributed by atoms with Gasteiger partial charge in [0.2, 0.25) is 23.6 Å². The molecule has 4 saturated carbocycles. The smallest absolute Gasteiger partial charge is 0.224 e. The number of carbonyl (C=O) groups excluding carboxylic acids is 4. The second kappa shape index (κ2) is 17.7. The highest BCUT2D eigenvalue weighted by Crippen LogP contribution is 2.34. The highest BCUT2D eigenvalue weighted by atomic mass is 16.2. The fraction of sp³-hybridized carbons (Fsp3) is 0.900. The number of hydrogen-bond acceptors (Lipinski definition) is 4. The van der Waals surface area contributed by atoms with E-state index in [4.69, 9.17) is 0 Å². The van der Waals surface area contributed by atoms with Gasteiger partial charge >= 0.3 is 0 Å². The fourth-order valence-corrected chi connectivity index (χ4v) is 9.87. The van der Waals surface area contributed by atoms with Crippen molar-refractivity contribution in [2.24, 2.45) is 59.2 Å². The summed E-state index contributed by atoms with van der Waals surface area (Å²) >= 11 is 0. The predicted octanol–water partition coefficient (Wildman–Crippen LogP) is 6.76. The molecule has 4 N–H and O–H groups in total. The van der Waals surface area contributed by atoms with Gasteiger partial charge in [-0.15, -0.1) is 0 Å². The first-order valence-corrected chi connectivity index (χ1v) is 19.9. The third kappa shape index (κ3) is 10.9. The molecule has 4 aliphatic rings. The summed E-state index contributed by atoms with van der Waals surface area (Å²) in [6.07, 6.45) is 11.9. The molecule has 274 valence electrons. The maximum Gasteiger partial charge on any atom is 0.224 e. The Morgan fingerprint density at radius 2 is 0.667 bits per heavy atom. The molecule has 8 heteroatoms. The molecule has 0 bridgehead atoms. The Labute approximate surface area is 292 Å². The van der Waals surface area contributed by atoms with Crippen molar-refractivity contribution in [1.29, 1.82) is 0 Å². The van der Waals surface area contributed by atoms with Gasteiger partial charge in [-0.3, -0.25) is 19.2 Å². The summed E-state index contributed by atoms with van der Waals surface area (Å²) in [7, 11) is 0. The monoisotopic (exact) mass is 671 g/mol. The van der Waals surface area contributed by atoms with E-state index in [1.54, 1.807) is 0 Å². The van der Waals surface area contributed by atoms with Gasteiger partial charge in [-0.05, 0) is 124 Å². The molecular formula is C40H70N4O4. The minimum Gasteiger partial charge on any atom is -0.353 e. The molecule has 0 saturated heterocycles. The maximum absolute atomic E-state index is 14.4. The zero-order valence-corrected chi connectivity index (χ0v) is 31.6. The lowest BCUT2D eigenvalue weighted by atomic mass is 9.77. The van der Waals surface area contributed by atoms with Crippen molar-refractivity contribution in [1.82, 2.24) is 21.3 Å². The van der Waals surface area contributed by atoms with Gasteiger partial charge in [-0.25, -0.2) is 0 Å². The topological polar surface area (TPSA) is 116 Å². The highest BCUT2D eigenvalue weighted by Gasteiger charge is 2.41. The normalized spacial score (nSPS) is 38.6. The third-order valence-corrected chi connectivity index (χ3v) is 13.0. The van der Waals surface area contributed by atoms with Crippen LogP contribution < -0.4 is 21.3 Å². The Morgan fingerprint density at radius 1 is 0.417 bits per heavy atom. The van der Waals surface area contributed by atoms with Crippen LogP contribution in [0, 0.1) is 59.2 Å². The molecule has 14 atom stereocenters. The van der Waals surface area contributed by atoms with Crippen molar-refractivity contribution in [2.45, 2.75) is 169 Å². The van der Waals surface area contributed by atoms with E-state index < -0.39 is 11.8 Å². The van der Waals surface area contributed by atoms with Gasteiger partial charge in [-0.2, -0.15) is 0 Å². The molecule has 4 rings (SSSR count). The summed E-state index contributed by atoms with van der Waals surface area (Å²) in [6.45, 7) is 17.8. The van der Waals surface area contributed by atoms with E-state index in [1.807, 2.05) is 0 Å². The summed E-state index contributed by atoms with van der Waals surface area (Å²) < 4.78 is 0. The molecule has 14 unspecified atom stereocenters. The molecule has 4 amide bonds. The van der Waals surface area contributed by atoms with Crippen LogP contribution >= 0.6 is 0 Å². The Kier molecular flexibility index (Phi) is 14.3. The molecule has 8 nitrogen and oxygen atoms in total. The van der Waals surface area contributed by atoms with Gasteiger partial charge in [0, 0.05) is 37.0 Å². The molecule has 0 spiro atoms. The van der Waals surface area contributed by atoms with Gasteiger partial charge in [0.1, 0.15) is 0 Å². The lowest BCUT2D eigenvalue weighted by Crippen LogP contribution is -2.53. The van der Waals surface area contributed by atoms with E-state index in [0.29, 0.717) is 47.3 Å². The molecule has 4 aliphatic carbocycles. The van der Waals surface area contributed by atoms with E-state index in [-0.39, 0.29) is 60.6 Å². The fourth-order valence-electron chi connectivity index (χ4n) is 9.87. The van der Waals surface area contributed by atoms with Gasteiger partial charge in [-0.1, -0.05) is 55.4 Å². The van der Waals surface area contributed by atoms with Gasteiger partial charge < -0.3 is 21.3 Å². The number of nitrogens with one attached hydrogen (secondary N) is 4. The lowest BCUT2D eigenvalue weighted by Gasteiger charge is -2.37. The summed E-state index contributed by atoms with van der Waals surface area (Å²) in [5, 5.41) is 13.1. The molecular weight excluding hydrogens is 600 g/mol. The number of carbonyl (C=O) groups is 4. The van der Waals surface area contributed by atoms with Crippen molar-refractivity contribution < 1.29 is 19.2 Å².